The molecule has 6 nitrogen and oxygen atoms in total. The van der Waals surface area contributed by atoms with Crippen molar-refractivity contribution in [2.24, 2.45) is 10.8 Å². The van der Waals surface area contributed by atoms with Crippen molar-refractivity contribution >= 4 is 17.9 Å². The van der Waals surface area contributed by atoms with Gasteiger partial charge in [0, 0.05) is 24.3 Å². The number of aliphatic hydroxyl groups excluding tert-OH is 1. The number of carbonyl (C=O) groups excluding carboxylic acids is 1. The minimum absolute atomic E-state index is 0.200. The highest BCUT2D eigenvalue weighted by Gasteiger charge is 2.18. The SMILES string of the molecule is NC(=O)NN=Cc1ccccc1N1CCC(O)CC1. The second kappa shape index (κ2) is 6.19. The molecule has 1 aliphatic heterocycles. The zero-order valence-corrected chi connectivity index (χ0v) is 10.6. The summed E-state index contributed by atoms with van der Waals surface area (Å²) >= 11 is 0. The van der Waals surface area contributed by atoms with Gasteiger partial charge in [0.1, 0.15) is 0 Å². The van der Waals surface area contributed by atoms with E-state index in [-0.39, 0.29) is 6.10 Å². The van der Waals surface area contributed by atoms with Crippen LogP contribution in [0.3, 0.4) is 0 Å². The fourth-order valence-electron chi connectivity index (χ4n) is 2.16. The summed E-state index contributed by atoms with van der Waals surface area (Å²) in [4.78, 5) is 12.8. The Morgan fingerprint density at radius 2 is 2.11 bits per heavy atom. The van der Waals surface area contributed by atoms with Gasteiger partial charge in [-0.1, -0.05) is 18.2 Å². The summed E-state index contributed by atoms with van der Waals surface area (Å²) in [6.07, 6.45) is 2.91. The zero-order chi connectivity index (χ0) is 13.7. The molecule has 2 rings (SSSR count). The highest BCUT2D eigenvalue weighted by molar-refractivity contribution is 5.88. The molecule has 0 atom stereocenters. The number of aliphatic hydroxyl groups is 1. The van der Waals surface area contributed by atoms with Crippen molar-refractivity contribution in [3.8, 4) is 0 Å². The summed E-state index contributed by atoms with van der Waals surface area (Å²) < 4.78 is 0. The number of hydrazone groups is 1. The molecule has 0 aliphatic carbocycles. The van der Waals surface area contributed by atoms with Crippen LogP contribution in [0, 0.1) is 0 Å². The molecule has 0 bridgehead atoms. The predicted octanol–water partition coefficient (Wildman–Crippen LogP) is 0.650. The molecule has 0 saturated carbocycles. The number of amides is 2. The molecule has 2 amide bonds. The first-order valence-corrected chi connectivity index (χ1v) is 6.27. The number of nitrogens with two attached hydrogens (primary N) is 1. The molecule has 1 aliphatic rings. The average Bonchev–Trinajstić information content (AvgIpc) is 2.40. The van der Waals surface area contributed by atoms with E-state index < -0.39 is 6.03 Å². The van der Waals surface area contributed by atoms with Gasteiger partial charge in [-0.25, -0.2) is 10.2 Å². The van der Waals surface area contributed by atoms with Gasteiger partial charge >= 0.3 is 6.03 Å². The molecule has 4 N–H and O–H groups in total. The topological polar surface area (TPSA) is 91.0 Å². The highest BCUT2D eigenvalue weighted by atomic mass is 16.3. The maximum Gasteiger partial charge on any atom is 0.332 e. The molecule has 1 aromatic rings. The van der Waals surface area contributed by atoms with E-state index in [1.54, 1.807) is 6.21 Å². The van der Waals surface area contributed by atoms with Crippen LogP contribution in [0.25, 0.3) is 0 Å². The third-order valence-corrected chi connectivity index (χ3v) is 3.12. The Balaban J connectivity index is 2.12. The summed E-state index contributed by atoms with van der Waals surface area (Å²) in [5, 5.41) is 13.3. The van der Waals surface area contributed by atoms with Gasteiger partial charge in [0.15, 0.2) is 0 Å². The number of urea groups is 1. The normalized spacial score (nSPS) is 16.8. The number of nitrogens with zero attached hydrogens (tertiary/aromatic N) is 2. The second-order valence-electron chi connectivity index (χ2n) is 4.51. The number of anilines is 1. The number of primary amides is 1. The monoisotopic (exact) mass is 262 g/mol. The van der Waals surface area contributed by atoms with E-state index in [0.717, 1.165) is 37.2 Å². The number of nitrogens with one attached hydrogen (secondary N) is 1. The van der Waals surface area contributed by atoms with Gasteiger partial charge in [-0.2, -0.15) is 5.10 Å². The van der Waals surface area contributed by atoms with Crippen molar-refractivity contribution in [2.75, 3.05) is 18.0 Å². The van der Waals surface area contributed by atoms with Crippen LogP contribution in [0.4, 0.5) is 10.5 Å². The quantitative estimate of drug-likeness (QED) is 0.551. The number of benzene rings is 1. The van der Waals surface area contributed by atoms with Crippen LogP contribution >= 0.6 is 0 Å². The van der Waals surface area contributed by atoms with Crippen molar-refractivity contribution in [1.82, 2.24) is 5.43 Å². The number of para-hydroxylation sites is 1. The smallest absolute Gasteiger partial charge is 0.332 e. The maximum absolute atomic E-state index is 10.6. The third kappa shape index (κ3) is 3.69. The molecule has 0 unspecified atom stereocenters. The summed E-state index contributed by atoms with van der Waals surface area (Å²) in [5.74, 6) is 0. The third-order valence-electron chi connectivity index (χ3n) is 3.12. The molecule has 0 radical (unpaired) electrons. The first-order chi connectivity index (χ1) is 9.16. The summed E-state index contributed by atoms with van der Waals surface area (Å²) in [6, 6.07) is 7.11. The number of hydrogen-bond donors (Lipinski definition) is 3. The molecule has 0 spiro atoms. The van der Waals surface area contributed by atoms with Crippen LogP contribution in [0.2, 0.25) is 0 Å². The van der Waals surface area contributed by atoms with Crippen LogP contribution in [0.15, 0.2) is 29.4 Å². The van der Waals surface area contributed by atoms with E-state index in [1.165, 1.54) is 0 Å². The Kier molecular flexibility index (Phi) is 4.35. The van der Waals surface area contributed by atoms with E-state index in [4.69, 9.17) is 5.73 Å². The molecule has 1 fully saturated rings. The van der Waals surface area contributed by atoms with Gasteiger partial charge in [0.2, 0.25) is 0 Å². The van der Waals surface area contributed by atoms with Crippen LogP contribution in [-0.2, 0) is 0 Å². The molecule has 1 heterocycles. The Bertz CT molecular complexity index is 467. The number of carbonyl (C=O) groups is 1. The Morgan fingerprint density at radius 1 is 1.42 bits per heavy atom. The van der Waals surface area contributed by atoms with Gasteiger partial charge in [-0.05, 0) is 18.9 Å². The Labute approximate surface area is 111 Å². The maximum atomic E-state index is 10.6. The molecule has 102 valence electrons. The average molecular weight is 262 g/mol. The van der Waals surface area contributed by atoms with E-state index in [9.17, 15) is 9.90 Å². The first kappa shape index (κ1) is 13.4. The molecule has 19 heavy (non-hydrogen) atoms. The second-order valence-corrected chi connectivity index (χ2v) is 4.51. The van der Waals surface area contributed by atoms with E-state index in [2.05, 4.69) is 15.4 Å². The van der Waals surface area contributed by atoms with E-state index in [0.29, 0.717) is 0 Å². The number of rotatable bonds is 3. The number of hydrogen-bond acceptors (Lipinski definition) is 4. The minimum atomic E-state index is -0.685. The van der Waals surface area contributed by atoms with E-state index >= 15 is 0 Å². The molecular formula is C13H18N4O2. The Morgan fingerprint density at radius 3 is 2.79 bits per heavy atom. The zero-order valence-electron chi connectivity index (χ0n) is 10.6. The lowest BCUT2D eigenvalue weighted by atomic mass is 10.1. The lowest BCUT2D eigenvalue weighted by Crippen LogP contribution is -2.36. The van der Waals surface area contributed by atoms with E-state index in [1.807, 2.05) is 24.3 Å². The van der Waals surface area contributed by atoms with Gasteiger partial charge < -0.3 is 15.7 Å². The Hall–Kier alpha value is -2.08. The molecule has 1 saturated heterocycles. The molecule has 0 aromatic heterocycles. The van der Waals surface area contributed by atoms with Crippen molar-refractivity contribution in [3.05, 3.63) is 29.8 Å². The minimum Gasteiger partial charge on any atom is -0.393 e. The lowest BCUT2D eigenvalue weighted by molar-refractivity contribution is 0.145. The van der Waals surface area contributed by atoms with Gasteiger partial charge in [0.05, 0.1) is 12.3 Å². The fraction of sp³-hybridized carbons (Fsp3) is 0.385. The first-order valence-electron chi connectivity index (χ1n) is 6.27. The van der Waals surface area contributed by atoms with Crippen LogP contribution in [-0.4, -0.2) is 36.5 Å². The van der Waals surface area contributed by atoms with Crippen LogP contribution in [0.5, 0.6) is 0 Å². The summed E-state index contributed by atoms with van der Waals surface area (Å²) in [6.45, 7) is 1.63. The molecule has 1 aromatic carbocycles. The van der Waals surface area contributed by atoms with Crippen molar-refractivity contribution < 1.29 is 9.90 Å². The largest absolute Gasteiger partial charge is 0.393 e. The van der Waals surface area contributed by atoms with Crippen molar-refractivity contribution in [3.63, 3.8) is 0 Å². The molecule has 6 heteroatoms. The number of piperidine rings is 1. The predicted molar refractivity (Wildman–Crippen MR) is 74.2 cm³/mol. The van der Waals surface area contributed by atoms with Crippen LogP contribution in [0.1, 0.15) is 18.4 Å². The van der Waals surface area contributed by atoms with Crippen molar-refractivity contribution in [1.29, 1.82) is 0 Å². The summed E-state index contributed by atoms with van der Waals surface area (Å²) in [7, 11) is 0. The molecular weight excluding hydrogens is 244 g/mol. The van der Waals surface area contributed by atoms with Gasteiger partial charge in [-0.15, -0.1) is 0 Å². The highest BCUT2D eigenvalue weighted by Crippen LogP contribution is 2.23. The lowest BCUT2D eigenvalue weighted by Gasteiger charge is -2.32. The fourth-order valence-corrected chi connectivity index (χ4v) is 2.16. The van der Waals surface area contributed by atoms with Gasteiger partial charge in [0.25, 0.3) is 0 Å². The van der Waals surface area contributed by atoms with Gasteiger partial charge in [-0.3, -0.25) is 0 Å². The van der Waals surface area contributed by atoms with Crippen LogP contribution < -0.4 is 16.1 Å². The summed E-state index contributed by atoms with van der Waals surface area (Å²) in [5.41, 5.74) is 9.09. The standard InChI is InChI=1S/C13H18N4O2/c14-13(19)16-15-9-10-3-1-2-4-12(10)17-7-5-11(18)6-8-17/h1-4,9,11,18H,5-8H2,(H3,14,16,19). The van der Waals surface area contributed by atoms with Crippen molar-refractivity contribution in [2.45, 2.75) is 18.9 Å².